The lowest BCUT2D eigenvalue weighted by atomic mass is 9.78. The van der Waals surface area contributed by atoms with Gasteiger partial charge in [-0.25, -0.2) is 4.79 Å². The van der Waals surface area contributed by atoms with Crippen LogP contribution in [0.5, 0.6) is 0 Å². The lowest BCUT2D eigenvalue weighted by molar-refractivity contribution is -0.165. The van der Waals surface area contributed by atoms with Crippen LogP contribution in [0.2, 0.25) is 0 Å². The van der Waals surface area contributed by atoms with Crippen LogP contribution >= 0.6 is 0 Å². The van der Waals surface area contributed by atoms with Gasteiger partial charge in [0.25, 0.3) is 0 Å². The van der Waals surface area contributed by atoms with Gasteiger partial charge < -0.3 is 9.47 Å². The van der Waals surface area contributed by atoms with Gasteiger partial charge in [-0.15, -0.1) is 12.3 Å². The summed E-state index contributed by atoms with van der Waals surface area (Å²) in [4.78, 5) is 11.9. The molecule has 0 amide bonds. The average molecular weight is 262 g/mol. The molecule has 1 unspecified atom stereocenters. The molecule has 0 aromatic carbocycles. The first-order valence-electron chi connectivity index (χ1n) is 7.20. The quantitative estimate of drug-likeness (QED) is 0.564. The van der Waals surface area contributed by atoms with E-state index in [9.17, 15) is 4.79 Å². The van der Waals surface area contributed by atoms with Crippen molar-refractivity contribution in [2.45, 2.75) is 57.5 Å². The van der Waals surface area contributed by atoms with Crippen LogP contribution in [-0.2, 0) is 14.3 Å². The van der Waals surface area contributed by atoms with E-state index in [4.69, 9.17) is 15.9 Å². The van der Waals surface area contributed by atoms with Crippen molar-refractivity contribution in [1.29, 1.82) is 0 Å². The number of esters is 1. The maximum Gasteiger partial charge on any atom is 0.334 e. The molecule has 0 aromatic heterocycles. The highest BCUT2D eigenvalue weighted by Gasteiger charge is 2.46. The normalized spacial score (nSPS) is 27.6. The zero-order valence-electron chi connectivity index (χ0n) is 11.6. The molecule has 3 heteroatoms. The van der Waals surface area contributed by atoms with Crippen LogP contribution in [0.3, 0.4) is 0 Å². The summed E-state index contributed by atoms with van der Waals surface area (Å²) in [6.07, 6.45) is 13.6. The van der Waals surface area contributed by atoms with Crippen LogP contribution < -0.4 is 0 Å². The van der Waals surface area contributed by atoms with Crippen LogP contribution in [0.25, 0.3) is 0 Å². The SMILES string of the molecule is C#CCCC1(C2CCCC2)CC(OCC)=CC(=O)O1. The molecule has 104 valence electrons. The van der Waals surface area contributed by atoms with E-state index in [2.05, 4.69) is 5.92 Å². The number of rotatable bonds is 5. The molecule has 0 bridgehead atoms. The molecule has 1 saturated carbocycles. The van der Waals surface area contributed by atoms with Gasteiger partial charge in [0.15, 0.2) is 0 Å². The Balaban J connectivity index is 2.20. The maximum atomic E-state index is 11.9. The monoisotopic (exact) mass is 262 g/mol. The van der Waals surface area contributed by atoms with Crippen LogP contribution in [0, 0.1) is 18.3 Å². The highest BCUT2D eigenvalue weighted by atomic mass is 16.6. The summed E-state index contributed by atoms with van der Waals surface area (Å²) in [5.41, 5.74) is -0.431. The minimum absolute atomic E-state index is 0.279. The third-order valence-corrected chi connectivity index (χ3v) is 4.18. The first-order valence-corrected chi connectivity index (χ1v) is 7.20. The van der Waals surface area contributed by atoms with Gasteiger partial charge in [0.1, 0.15) is 11.4 Å². The molecule has 0 saturated heterocycles. The second-order valence-electron chi connectivity index (χ2n) is 5.39. The summed E-state index contributed by atoms with van der Waals surface area (Å²) in [6.45, 7) is 2.51. The van der Waals surface area contributed by atoms with Gasteiger partial charge in [-0.2, -0.15) is 0 Å². The summed E-state index contributed by atoms with van der Waals surface area (Å²) in [5, 5.41) is 0. The van der Waals surface area contributed by atoms with Crippen molar-refractivity contribution in [1.82, 2.24) is 0 Å². The first kappa shape index (κ1) is 14.0. The average Bonchev–Trinajstić information content (AvgIpc) is 2.90. The molecule has 2 rings (SSSR count). The van der Waals surface area contributed by atoms with Gasteiger partial charge >= 0.3 is 5.97 Å². The van der Waals surface area contributed by atoms with Crippen LogP contribution in [0.15, 0.2) is 11.8 Å². The summed E-state index contributed by atoms with van der Waals surface area (Å²) in [5.74, 6) is 3.57. The molecule has 1 heterocycles. The number of terminal acetylenes is 1. The first-order chi connectivity index (χ1) is 9.20. The zero-order valence-corrected chi connectivity index (χ0v) is 11.6. The molecule has 1 aliphatic carbocycles. The van der Waals surface area contributed by atoms with Crippen molar-refractivity contribution in [2.75, 3.05) is 6.61 Å². The molecule has 19 heavy (non-hydrogen) atoms. The summed E-state index contributed by atoms with van der Waals surface area (Å²) < 4.78 is 11.3. The molecule has 1 atom stereocenters. The Morgan fingerprint density at radius 2 is 2.26 bits per heavy atom. The molecule has 0 N–H and O–H groups in total. The van der Waals surface area contributed by atoms with Crippen molar-refractivity contribution < 1.29 is 14.3 Å². The zero-order chi connectivity index (χ0) is 13.7. The van der Waals surface area contributed by atoms with E-state index in [1.165, 1.54) is 18.9 Å². The van der Waals surface area contributed by atoms with Gasteiger partial charge in [-0.05, 0) is 32.1 Å². The summed E-state index contributed by atoms with van der Waals surface area (Å²) in [6, 6.07) is 0. The number of hydrogen-bond donors (Lipinski definition) is 0. The Kier molecular flexibility index (Phi) is 4.52. The molecular weight excluding hydrogens is 240 g/mol. The minimum atomic E-state index is -0.431. The molecular formula is C16H22O3. The topological polar surface area (TPSA) is 35.5 Å². The van der Waals surface area contributed by atoms with Crippen LogP contribution in [-0.4, -0.2) is 18.2 Å². The maximum absolute atomic E-state index is 11.9. The largest absolute Gasteiger partial charge is 0.498 e. The fraction of sp³-hybridized carbons (Fsp3) is 0.688. The second kappa shape index (κ2) is 6.14. The molecule has 2 aliphatic rings. The van der Waals surface area contributed by atoms with Crippen molar-refractivity contribution in [3.8, 4) is 12.3 Å². The van der Waals surface area contributed by atoms with Gasteiger partial charge in [0.05, 0.1) is 12.7 Å². The van der Waals surface area contributed by atoms with E-state index < -0.39 is 5.60 Å². The van der Waals surface area contributed by atoms with Gasteiger partial charge in [-0.1, -0.05) is 12.8 Å². The Labute approximate surface area is 115 Å². The summed E-state index contributed by atoms with van der Waals surface area (Å²) in [7, 11) is 0. The number of carbonyl (C=O) groups is 1. The van der Waals surface area contributed by atoms with E-state index >= 15 is 0 Å². The predicted molar refractivity (Wildman–Crippen MR) is 73.2 cm³/mol. The number of cyclic esters (lactones) is 1. The second-order valence-corrected chi connectivity index (χ2v) is 5.39. The lowest BCUT2D eigenvalue weighted by Crippen LogP contribution is -2.44. The fourth-order valence-electron chi connectivity index (χ4n) is 3.33. The Morgan fingerprint density at radius 1 is 1.53 bits per heavy atom. The number of ether oxygens (including phenoxy) is 2. The van der Waals surface area contributed by atoms with Gasteiger partial charge in [-0.3, -0.25) is 0 Å². The van der Waals surface area contributed by atoms with Gasteiger partial charge in [0, 0.05) is 12.8 Å². The smallest absolute Gasteiger partial charge is 0.334 e. The number of carbonyl (C=O) groups excluding carboxylic acids is 1. The minimum Gasteiger partial charge on any atom is -0.498 e. The van der Waals surface area contributed by atoms with Gasteiger partial charge in [0.2, 0.25) is 0 Å². The van der Waals surface area contributed by atoms with Crippen molar-refractivity contribution in [3.05, 3.63) is 11.8 Å². The third-order valence-electron chi connectivity index (χ3n) is 4.18. The fourth-order valence-corrected chi connectivity index (χ4v) is 3.33. The molecule has 0 spiro atoms. The molecule has 0 aromatic rings. The highest BCUT2D eigenvalue weighted by molar-refractivity contribution is 5.84. The molecule has 3 nitrogen and oxygen atoms in total. The Hall–Kier alpha value is -1.43. The molecule has 1 fully saturated rings. The van der Waals surface area contributed by atoms with E-state index in [1.807, 2.05) is 6.92 Å². The van der Waals surface area contributed by atoms with E-state index in [-0.39, 0.29) is 5.97 Å². The highest BCUT2D eigenvalue weighted by Crippen LogP contribution is 2.44. The Bertz CT molecular complexity index is 399. The molecule has 0 radical (unpaired) electrons. The van der Waals surface area contributed by atoms with E-state index in [0.717, 1.165) is 25.0 Å². The Morgan fingerprint density at radius 3 is 2.89 bits per heavy atom. The van der Waals surface area contributed by atoms with E-state index in [1.54, 1.807) is 0 Å². The number of hydrogen-bond acceptors (Lipinski definition) is 3. The predicted octanol–water partition coefficient (Wildman–Crippen LogP) is 3.20. The van der Waals surface area contributed by atoms with Crippen LogP contribution in [0.4, 0.5) is 0 Å². The van der Waals surface area contributed by atoms with Crippen molar-refractivity contribution in [3.63, 3.8) is 0 Å². The molecule has 1 aliphatic heterocycles. The van der Waals surface area contributed by atoms with Crippen LogP contribution in [0.1, 0.15) is 51.9 Å². The van der Waals surface area contributed by atoms with Crippen molar-refractivity contribution >= 4 is 5.97 Å². The standard InChI is InChI=1S/C16H22O3/c1-3-5-10-16(13-8-6-7-9-13)12-14(18-4-2)11-15(17)19-16/h1,11,13H,4-10,12H2,2H3. The lowest BCUT2D eigenvalue weighted by Gasteiger charge is -2.40. The van der Waals surface area contributed by atoms with Crippen molar-refractivity contribution in [2.24, 2.45) is 5.92 Å². The third kappa shape index (κ3) is 3.12. The van der Waals surface area contributed by atoms with E-state index in [0.29, 0.717) is 25.4 Å². The summed E-state index contributed by atoms with van der Waals surface area (Å²) >= 11 is 0.